The van der Waals surface area contributed by atoms with Gasteiger partial charge in [-0.25, -0.2) is 0 Å². The third-order valence-electron chi connectivity index (χ3n) is 2.87. The maximum absolute atomic E-state index is 10.9. The van der Waals surface area contributed by atoms with Crippen LogP contribution in [0.5, 0.6) is 0 Å². The minimum Gasteiger partial charge on any atom is -0.480 e. The fourth-order valence-electron chi connectivity index (χ4n) is 2.08. The lowest BCUT2D eigenvalue weighted by Crippen LogP contribution is -2.53. The number of carbonyl (C=O) groups is 1. The van der Waals surface area contributed by atoms with E-state index >= 15 is 0 Å². The van der Waals surface area contributed by atoms with E-state index in [1.165, 1.54) is 12.8 Å². The molecule has 4 heteroatoms. The quantitative estimate of drug-likeness (QED) is 0.714. The Hall–Kier alpha value is -0.610. The molecule has 0 aromatic heterocycles. The number of rotatable bonds is 5. The Labute approximate surface area is 91.6 Å². The second kappa shape index (κ2) is 4.94. The number of likely N-dealkylation sites (tertiary alicyclic amines) is 1. The molecule has 2 N–H and O–H groups in total. The van der Waals surface area contributed by atoms with Crippen molar-refractivity contribution in [1.82, 2.24) is 10.2 Å². The zero-order valence-corrected chi connectivity index (χ0v) is 9.92. The van der Waals surface area contributed by atoms with Gasteiger partial charge < -0.3 is 10.0 Å². The van der Waals surface area contributed by atoms with Crippen molar-refractivity contribution in [2.75, 3.05) is 19.6 Å². The molecule has 0 saturated carbocycles. The molecule has 1 aliphatic rings. The molecular formula is C11H22N2O2. The molecule has 0 radical (unpaired) electrons. The molecule has 0 aromatic carbocycles. The molecule has 0 bridgehead atoms. The Morgan fingerprint density at radius 1 is 1.47 bits per heavy atom. The van der Waals surface area contributed by atoms with E-state index in [1.54, 1.807) is 13.8 Å². The molecule has 1 atom stereocenters. The van der Waals surface area contributed by atoms with Crippen molar-refractivity contribution in [2.45, 2.75) is 45.2 Å². The second-order valence-electron chi connectivity index (χ2n) is 4.98. The first-order valence-corrected chi connectivity index (χ1v) is 5.65. The first-order valence-electron chi connectivity index (χ1n) is 5.65. The second-order valence-corrected chi connectivity index (χ2v) is 4.98. The van der Waals surface area contributed by atoms with E-state index in [9.17, 15) is 4.79 Å². The summed E-state index contributed by atoms with van der Waals surface area (Å²) < 4.78 is 0. The summed E-state index contributed by atoms with van der Waals surface area (Å²) in [6.45, 7) is 8.70. The van der Waals surface area contributed by atoms with E-state index in [4.69, 9.17) is 5.11 Å². The van der Waals surface area contributed by atoms with Gasteiger partial charge in [0.05, 0.1) is 0 Å². The molecule has 1 aliphatic heterocycles. The maximum atomic E-state index is 10.9. The smallest absolute Gasteiger partial charge is 0.323 e. The summed E-state index contributed by atoms with van der Waals surface area (Å²) >= 11 is 0. The Morgan fingerprint density at radius 3 is 2.47 bits per heavy atom. The number of aliphatic carboxylic acids is 1. The molecule has 0 aliphatic carbocycles. The topological polar surface area (TPSA) is 52.6 Å². The number of carboxylic acid groups (broad SMARTS) is 1. The highest BCUT2D eigenvalue weighted by atomic mass is 16.4. The molecule has 0 aromatic rings. The van der Waals surface area contributed by atoms with Crippen molar-refractivity contribution >= 4 is 5.97 Å². The molecule has 1 unspecified atom stereocenters. The van der Waals surface area contributed by atoms with Gasteiger partial charge in [-0.2, -0.15) is 0 Å². The van der Waals surface area contributed by atoms with Gasteiger partial charge in [0.15, 0.2) is 0 Å². The van der Waals surface area contributed by atoms with E-state index in [0.29, 0.717) is 0 Å². The molecule has 1 fully saturated rings. The van der Waals surface area contributed by atoms with E-state index in [-0.39, 0.29) is 6.04 Å². The number of carboxylic acids is 1. The van der Waals surface area contributed by atoms with E-state index in [2.05, 4.69) is 10.2 Å². The zero-order valence-electron chi connectivity index (χ0n) is 9.92. The summed E-state index contributed by atoms with van der Waals surface area (Å²) in [7, 11) is 0. The SMILES string of the molecule is CC(CN1CCCC1)NC(C)(C)C(=O)O. The summed E-state index contributed by atoms with van der Waals surface area (Å²) in [5.41, 5.74) is -0.834. The predicted octanol–water partition coefficient (Wildman–Crippen LogP) is 0.923. The van der Waals surface area contributed by atoms with Crippen LogP contribution in [0.15, 0.2) is 0 Å². The molecule has 1 saturated heterocycles. The Kier molecular flexibility index (Phi) is 4.11. The number of hydrogen-bond acceptors (Lipinski definition) is 3. The largest absolute Gasteiger partial charge is 0.480 e. The summed E-state index contributed by atoms with van der Waals surface area (Å²) in [5, 5.41) is 12.1. The van der Waals surface area contributed by atoms with Crippen molar-refractivity contribution in [1.29, 1.82) is 0 Å². The van der Waals surface area contributed by atoms with Crippen molar-refractivity contribution in [2.24, 2.45) is 0 Å². The predicted molar refractivity (Wildman–Crippen MR) is 60.0 cm³/mol. The van der Waals surface area contributed by atoms with Gasteiger partial charge in [-0.05, 0) is 46.7 Å². The maximum Gasteiger partial charge on any atom is 0.323 e. The average molecular weight is 214 g/mol. The molecule has 0 amide bonds. The van der Waals surface area contributed by atoms with Crippen molar-refractivity contribution in [3.63, 3.8) is 0 Å². The van der Waals surface area contributed by atoms with Crippen molar-refractivity contribution < 1.29 is 9.90 Å². The highest BCUT2D eigenvalue weighted by molar-refractivity contribution is 5.77. The Morgan fingerprint density at radius 2 is 2.00 bits per heavy atom. The summed E-state index contributed by atoms with van der Waals surface area (Å²) in [5.74, 6) is -0.796. The zero-order chi connectivity index (χ0) is 11.5. The van der Waals surface area contributed by atoms with Crippen LogP contribution in [0.2, 0.25) is 0 Å². The van der Waals surface area contributed by atoms with Crippen LogP contribution in [-0.2, 0) is 4.79 Å². The van der Waals surface area contributed by atoms with Crippen LogP contribution < -0.4 is 5.32 Å². The van der Waals surface area contributed by atoms with E-state index in [1.807, 2.05) is 6.92 Å². The molecule has 1 rings (SSSR count). The van der Waals surface area contributed by atoms with Crippen LogP contribution in [0, 0.1) is 0 Å². The first-order chi connectivity index (χ1) is 6.92. The van der Waals surface area contributed by atoms with Crippen LogP contribution in [-0.4, -0.2) is 47.2 Å². The van der Waals surface area contributed by atoms with Crippen LogP contribution in [0.3, 0.4) is 0 Å². The summed E-state index contributed by atoms with van der Waals surface area (Å²) in [4.78, 5) is 13.3. The lowest BCUT2D eigenvalue weighted by atomic mass is 10.0. The Bertz CT molecular complexity index is 223. The van der Waals surface area contributed by atoms with E-state index < -0.39 is 11.5 Å². The standard InChI is InChI=1S/C11H22N2O2/c1-9(8-13-6-4-5-7-13)12-11(2,3)10(14)15/h9,12H,4-8H2,1-3H3,(H,14,15). The van der Waals surface area contributed by atoms with Gasteiger partial charge in [-0.1, -0.05) is 0 Å². The van der Waals surface area contributed by atoms with Gasteiger partial charge in [0, 0.05) is 12.6 Å². The fraction of sp³-hybridized carbons (Fsp3) is 0.909. The summed E-state index contributed by atoms with van der Waals surface area (Å²) in [6.07, 6.45) is 2.55. The van der Waals surface area contributed by atoms with Gasteiger partial charge in [0.25, 0.3) is 0 Å². The van der Waals surface area contributed by atoms with Crippen LogP contribution in [0.4, 0.5) is 0 Å². The molecule has 0 spiro atoms. The molecule has 15 heavy (non-hydrogen) atoms. The van der Waals surface area contributed by atoms with Crippen molar-refractivity contribution in [3.8, 4) is 0 Å². The van der Waals surface area contributed by atoms with Gasteiger partial charge >= 0.3 is 5.97 Å². The summed E-state index contributed by atoms with van der Waals surface area (Å²) in [6, 6.07) is 0.217. The minimum atomic E-state index is -0.834. The molecular weight excluding hydrogens is 192 g/mol. The number of hydrogen-bond donors (Lipinski definition) is 2. The molecule has 1 heterocycles. The number of nitrogens with one attached hydrogen (secondary N) is 1. The van der Waals surface area contributed by atoms with Gasteiger partial charge in [0.2, 0.25) is 0 Å². The average Bonchev–Trinajstić information content (AvgIpc) is 2.54. The monoisotopic (exact) mass is 214 g/mol. The lowest BCUT2D eigenvalue weighted by molar-refractivity contribution is -0.143. The van der Waals surface area contributed by atoms with Crippen molar-refractivity contribution in [3.05, 3.63) is 0 Å². The minimum absolute atomic E-state index is 0.217. The Balaban J connectivity index is 2.34. The normalized spacial score (nSPS) is 20.5. The van der Waals surface area contributed by atoms with Crippen LogP contribution in [0.25, 0.3) is 0 Å². The van der Waals surface area contributed by atoms with Crippen LogP contribution in [0.1, 0.15) is 33.6 Å². The molecule has 4 nitrogen and oxygen atoms in total. The highest BCUT2D eigenvalue weighted by Crippen LogP contribution is 2.09. The first kappa shape index (κ1) is 12.5. The number of nitrogens with zero attached hydrogens (tertiary/aromatic N) is 1. The fourth-order valence-corrected chi connectivity index (χ4v) is 2.08. The third-order valence-corrected chi connectivity index (χ3v) is 2.87. The lowest BCUT2D eigenvalue weighted by Gasteiger charge is -2.28. The molecule has 88 valence electrons. The van der Waals surface area contributed by atoms with Gasteiger partial charge in [0.1, 0.15) is 5.54 Å². The van der Waals surface area contributed by atoms with Gasteiger partial charge in [-0.15, -0.1) is 0 Å². The van der Waals surface area contributed by atoms with Gasteiger partial charge in [-0.3, -0.25) is 10.1 Å². The van der Waals surface area contributed by atoms with E-state index in [0.717, 1.165) is 19.6 Å². The third kappa shape index (κ3) is 3.80. The highest BCUT2D eigenvalue weighted by Gasteiger charge is 2.29. The van der Waals surface area contributed by atoms with Crippen LogP contribution >= 0.6 is 0 Å².